The minimum absolute atomic E-state index is 0.109. The van der Waals surface area contributed by atoms with Crippen LogP contribution in [-0.4, -0.2) is 46.9 Å². The van der Waals surface area contributed by atoms with Gasteiger partial charge in [0.25, 0.3) is 0 Å². The predicted octanol–water partition coefficient (Wildman–Crippen LogP) is 1.33. The zero-order chi connectivity index (χ0) is 14.5. The van der Waals surface area contributed by atoms with Crippen molar-refractivity contribution in [1.29, 1.82) is 0 Å². The van der Waals surface area contributed by atoms with E-state index in [0.717, 1.165) is 4.90 Å². The lowest BCUT2D eigenvalue weighted by molar-refractivity contribution is -0.153. The molecule has 0 amide bonds. The number of alkyl halides is 3. The van der Waals surface area contributed by atoms with Crippen molar-refractivity contribution >= 4 is 0 Å². The van der Waals surface area contributed by atoms with Crippen LogP contribution in [0, 0.1) is 0 Å². The Bertz CT molecular complexity index is 370. The first kappa shape index (κ1) is 15.9. The molecule has 3 N–H and O–H groups in total. The third kappa shape index (κ3) is 5.14. The number of hydrogen-bond donors (Lipinski definition) is 2. The molecule has 0 aromatic carbocycles. The molecular formula is C12H18F3N3O. The number of aromatic nitrogens is 1. The Kier molecular flexibility index (Phi) is 5.71. The van der Waals surface area contributed by atoms with E-state index in [4.69, 9.17) is 10.8 Å². The van der Waals surface area contributed by atoms with E-state index in [2.05, 4.69) is 4.98 Å². The molecule has 0 fully saturated rings. The standard InChI is InChI=1S/C12H18F3N3O/c1-9(16)11(10-4-2-3-5-17-10)18(6-7-19)8-12(13,14)15/h2-5,9,11,19H,6-8,16H2,1H3. The van der Waals surface area contributed by atoms with Crippen molar-refractivity contribution in [2.45, 2.75) is 25.2 Å². The van der Waals surface area contributed by atoms with Gasteiger partial charge in [-0.05, 0) is 19.1 Å². The second-order valence-electron chi connectivity index (χ2n) is 4.37. The van der Waals surface area contributed by atoms with Crippen LogP contribution in [0.3, 0.4) is 0 Å². The summed E-state index contributed by atoms with van der Waals surface area (Å²) in [4.78, 5) is 5.17. The molecule has 108 valence electrons. The van der Waals surface area contributed by atoms with Crippen LogP contribution in [0.2, 0.25) is 0 Å². The molecule has 0 saturated carbocycles. The van der Waals surface area contributed by atoms with Gasteiger partial charge in [0.1, 0.15) is 0 Å². The summed E-state index contributed by atoms with van der Waals surface area (Å²) in [6.07, 6.45) is -2.84. The summed E-state index contributed by atoms with van der Waals surface area (Å²) in [5, 5.41) is 8.94. The summed E-state index contributed by atoms with van der Waals surface area (Å²) in [5.41, 5.74) is 6.26. The Morgan fingerprint density at radius 1 is 1.42 bits per heavy atom. The van der Waals surface area contributed by atoms with Gasteiger partial charge in [-0.1, -0.05) is 6.07 Å². The maximum absolute atomic E-state index is 12.6. The van der Waals surface area contributed by atoms with E-state index < -0.39 is 24.8 Å². The summed E-state index contributed by atoms with van der Waals surface area (Å²) in [7, 11) is 0. The van der Waals surface area contributed by atoms with E-state index >= 15 is 0 Å². The maximum atomic E-state index is 12.6. The second-order valence-corrected chi connectivity index (χ2v) is 4.37. The van der Waals surface area contributed by atoms with Gasteiger partial charge in [-0.2, -0.15) is 13.2 Å². The molecule has 7 heteroatoms. The van der Waals surface area contributed by atoms with E-state index in [1.165, 1.54) is 6.20 Å². The molecular weight excluding hydrogens is 259 g/mol. The molecule has 0 aliphatic heterocycles. The highest BCUT2D eigenvalue weighted by Gasteiger charge is 2.35. The fourth-order valence-corrected chi connectivity index (χ4v) is 2.02. The van der Waals surface area contributed by atoms with Gasteiger partial charge in [0.05, 0.1) is 24.9 Å². The highest BCUT2D eigenvalue weighted by molar-refractivity contribution is 5.11. The number of rotatable bonds is 6. The van der Waals surface area contributed by atoms with Crippen molar-refractivity contribution < 1.29 is 18.3 Å². The fourth-order valence-electron chi connectivity index (χ4n) is 2.02. The highest BCUT2D eigenvalue weighted by atomic mass is 19.4. The SMILES string of the molecule is CC(N)C(c1ccccn1)N(CCO)CC(F)(F)F. The third-order valence-corrected chi connectivity index (χ3v) is 2.65. The minimum Gasteiger partial charge on any atom is -0.395 e. The van der Waals surface area contributed by atoms with Crippen LogP contribution in [0.4, 0.5) is 13.2 Å². The van der Waals surface area contributed by atoms with Crippen LogP contribution in [0.15, 0.2) is 24.4 Å². The average Bonchev–Trinajstić information content (AvgIpc) is 2.28. The van der Waals surface area contributed by atoms with Gasteiger partial charge in [-0.25, -0.2) is 0 Å². The van der Waals surface area contributed by atoms with Crippen molar-refractivity contribution in [3.63, 3.8) is 0 Å². The summed E-state index contributed by atoms with van der Waals surface area (Å²) in [6, 6.07) is 3.79. The number of pyridine rings is 1. The van der Waals surface area contributed by atoms with Gasteiger partial charge < -0.3 is 10.8 Å². The van der Waals surface area contributed by atoms with E-state index in [1.807, 2.05) is 0 Å². The Labute approximate surface area is 110 Å². The smallest absolute Gasteiger partial charge is 0.395 e. The van der Waals surface area contributed by atoms with Crippen LogP contribution in [0.5, 0.6) is 0 Å². The van der Waals surface area contributed by atoms with Crippen molar-refractivity contribution in [3.8, 4) is 0 Å². The van der Waals surface area contributed by atoms with Gasteiger partial charge in [0.2, 0.25) is 0 Å². The Morgan fingerprint density at radius 2 is 2.11 bits per heavy atom. The number of nitrogens with two attached hydrogens (primary N) is 1. The lowest BCUT2D eigenvalue weighted by Crippen LogP contribution is -2.45. The summed E-state index contributed by atoms with van der Waals surface area (Å²) >= 11 is 0. The van der Waals surface area contributed by atoms with Gasteiger partial charge in [-0.3, -0.25) is 9.88 Å². The lowest BCUT2D eigenvalue weighted by Gasteiger charge is -2.33. The zero-order valence-corrected chi connectivity index (χ0v) is 10.6. The number of hydrogen-bond acceptors (Lipinski definition) is 4. The van der Waals surface area contributed by atoms with Gasteiger partial charge in [0.15, 0.2) is 0 Å². The minimum atomic E-state index is -4.35. The number of halogens is 3. The summed E-state index contributed by atoms with van der Waals surface area (Å²) in [5.74, 6) is 0. The molecule has 4 nitrogen and oxygen atoms in total. The highest BCUT2D eigenvalue weighted by Crippen LogP contribution is 2.26. The van der Waals surface area contributed by atoms with E-state index in [1.54, 1.807) is 25.1 Å². The van der Waals surface area contributed by atoms with Crippen LogP contribution < -0.4 is 5.73 Å². The molecule has 2 atom stereocenters. The average molecular weight is 277 g/mol. The Hall–Kier alpha value is -1.18. The van der Waals surface area contributed by atoms with Gasteiger partial charge in [-0.15, -0.1) is 0 Å². The molecule has 19 heavy (non-hydrogen) atoms. The van der Waals surface area contributed by atoms with E-state index in [0.29, 0.717) is 5.69 Å². The van der Waals surface area contributed by atoms with Crippen molar-refractivity contribution in [2.75, 3.05) is 19.7 Å². The molecule has 2 unspecified atom stereocenters. The van der Waals surface area contributed by atoms with Crippen LogP contribution >= 0.6 is 0 Å². The fraction of sp³-hybridized carbons (Fsp3) is 0.583. The van der Waals surface area contributed by atoms with Crippen molar-refractivity contribution in [1.82, 2.24) is 9.88 Å². The number of aliphatic hydroxyl groups excluding tert-OH is 1. The molecule has 0 aliphatic rings. The largest absolute Gasteiger partial charge is 0.401 e. The molecule has 0 aliphatic carbocycles. The zero-order valence-electron chi connectivity index (χ0n) is 10.6. The molecule has 0 radical (unpaired) electrons. The first-order valence-electron chi connectivity index (χ1n) is 5.93. The molecule has 1 aromatic heterocycles. The molecule has 1 rings (SSSR count). The van der Waals surface area contributed by atoms with Gasteiger partial charge >= 0.3 is 6.18 Å². The summed E-state index contributed by atoms with van der Waals surface area (Å²) in [6.45, 7) is 0.0187. The molecule has 0 saturated heterocycles. The Balaban J connectivity index is 2.99. The van der Waals surface area contributed by atoms with E-state index in [9.17, 15) is 13.2 Å². The maximum Gasteiger partial charge on any atom is 0.401 e. The number of nitrogens with zero attached hydrogens (tertiary/aromatic N) is 2. The topological polar surface area (TPSA) is 62.4 Å². The molecule has 0 spiro atoms. The van der Waals surface area contributed by atoms with Crippen LogP contribution in [-0.2, 0) is 0 Å². The lowest BCUT2D eigenvalue weighted by atomic mass is 10.0. The van der Waals surface area contributed by atoms with Crippen molar-refractivity contribution in [3.05, 3.63) is 30.1 Å². The molecule has 1 aromatic rings. The molecule has 0 bridgehead atoms. The number of aliphatic hydroxyl groups is 1. The predicted molar refractivity (Wildman–Crippen MR) is 65.3 cm³/mol. The molecule has 1 heterocycles. The van der Waals surface area contributed by atoms with E-state index in [-0.39, 0.29) is 13.2 Å². The monoisotopic (exact) mass is 277 g/mol. The van der Waals surface area contributed by atoms with Crippen LogP contribution in [0.25, 0.3) is 0 Å². The van der Waals surface area contributed by atoms with Gasteiger partial charge in [0, 0.05) is 18.8 Å². The third-order valence-electron chi connectivity index (χ3n) is 2.65. The first-order chi connectivity index (χ1) is 8.85. The Morgan fingerprint density at radius 3 is 2.53 bits per heavy atom. The normalized spacial score (nSPS) is 15.5. The quantitative estimate of drug-likeness (QED) is 0.823. The first-order valence-corrected chi connectivity index (χ1v) is 5.93. The second kappa shape index (κ2) is 6.83. The summed E-state index contributed by atoms with van der Waals surface area (Å²) < 4.78 is 37.8. The van der Waals surface area contributed by atoms with Crippen LogP contribution in [0.1, 0.15) is 18.7 Å². The van der Waals surface area contributed by atoms with Crippen molar-refractivity contribution in [2.24, 2.45) is 5.73 Å².